The summed E-state index contributed by atoms with van der Waals surface area (Å²) in [5.74, 6) is -1.11. The number of anilines is 1. The minimum absolute atomic E-state index is 0.0279. The second kappa shape index (κ2) is 7.53. The number of nitrogens with zero attached hydrogens (tertiary/aromatic N) is 1. The Balaban J connectivity index is 1.95. The van der Waals surface area contributed by atoms with Gasteiger partial charge in [-0.2, -0.15) is 0 Å². The van der Waals surface area contributed by atoms with E-state index in [1.165, 1.54) is 18.2 Å². The van der Waals surface area contributed by atoms with E-state index in [9.17, 15) is 13.6 Å². The predicted molar refractivity (Wildman–Crippen MR) is 87.5 cm³/mol. The fourth-order valence-corrected chi connectivity index (χ4v) is 2.35. The number of carbonyl (C=O) groups excluding carboxylic acids is 1. The van der Waals surface area contributed by atoms with Crippen LogP contribution in [0.1, 0.15) is 11.1 Å². The van der Waals surface area contributed by atoms with Gasteiger partial charge in [0.15, 0.2) is 0 Å². The largest absolute Gasteiger partial charge is 0.325 e. The number of nitrogens with one attached hydrogen (secondary N) is 1. The predicted octanol–water partition coefficient (Wildman–Crippen LogP) is 4.00. The van der Waals surface area contributed by atoms with Crippen molar-refractivity contribution in [1.29, 1.82) is 0 Å². The summed E-state index contributed by atoms with van der Waals surface area (Å²) < 4.78 is 27.2. The second-order valence-electron chi connectivity index (χ2n) is 5.38. The van der Waals surface area contributed by atoms with Crippen LogP contribution in [0.5, 0.6) is 0 Å². The monoisotopic (exact) mass is 338 g/mol. The lowest BCUT2D eigenvalue weighted by atomic mass is 10.2. The molecule has 6 heteroatoms. The first-order valence-corrected chi connectivity index (χ1v) is 7.42. The Bertz CT molecular complexity index is 701. The summed E-state index contributed by atoms with van der Waals surface area (Å²) in [5.41, 5.74) is 1.23. The van der Waals surface area contributed by atoms with E-state index in [2.05, 4.69) is 5.32 Å². The average molecular weight is 339 g/mol. The van der Waals surface area contributed by atoms with Gasteiger partial charge in [0.2, 0.25) is 5.91 Å². The van der Waals surface area contributed by atoms with Gasteiger partial charge in [0.25, 0.3) is 0 Å². The summed E-state index contributed by atoms with van der Waals surface area (Å²) in [6.45, 7) is 1.87. The first-order valence-electron chi connectivity index (χ1n) is 7.04. The van der Waals surface area contributed by atoms with Crippen molar-refractivity contribution in [2.24, 2.45) is 0 Å². The fraction of sp³-hybridized carbons (Fsp3) is 0.235. The van der Waals surface area contributed by atoms with Crippen LogP contribution in [0.4, 0.5) is 14.5 Å². The molecule has 0 saturated heterocycles. The van der Waals surface area contributed by atoms with Crippen molar-refractivity contribution in [2.75, 3.05) is 18.9 Å². The Morgan fingerprint density at radius 2 is 1.96 bits per heavy atom. The number of carbonyl (C=O) groups is 1. The highest BCUT2D eigenvalue weighted by Crippen LogP contribution is 2.20. The molecule has 3 nitrogen and oxygen atoms in total. The van der Waals surface area contributed by atoms with Gasteiger partial charge in [0, 0.05) is 22.8 Å². The molecule has 0 radical (unpaired) electrons. The van der Waals surface area contributed by atoms with Gasteiger partial charge in [-0.25, -0.2) is 8.78 Å². The van der Waals surface area contributed by atoms with Crippen molar-refractivity contribution in [1.82, 2.24) is 4.90 Å². The highest BCUT2D eigenvalue weighted by molar-refractivity contribution is 6.31. The molecule has 1 N–H and O–H groups in total. The van der Waals surface area contributed by atoms with Crippen LogP contribution in [-0.4, -0.2) is 24.4 Å². The molecular formula is C17H17ClF2N2O. The molecule has 2 aromatic rings. The lowest BCUT2D eigenvalue weighted by Crippen LogP contribution is -2.30. The Kier molecular flexibility index (Phi) is 5.69. The van der Waals surface area contributed by atoms with Crippen molar-refractivity contribution in [2.45, 2.75) is 13.5 Å². The molecule has 0 atom stereocenters. The second-order valence-corrected chi connectivity index (χ2v) is 5.79. The van der Waals surface area contributed by atoms with E-state index in [0.717, 1.165) is 0 Å². The van der Waals surface area contributed by atoms with E-state index in [1.54, 1.807) is 37.1 Å². The quantitative estimate of drug-likeness (QED) is 0.893. The molecular weight excluding hydrogens is 322 g/mol. The van der Waals surface area contributed by atoms with Crippen molar-refractivity contribution in [3.05, 3.63) is 64.2 Å². The summed E-state index contributed by atoms with van der Waals surface area (Å²) in [5, 5.41) is 2.93. The SMILES string of the molecule is Cc1ccc(NC(=O)CN(C)Cc2c(F)cccc2Cl)cc1F. The molecule has 0 spiro atoms. The van der Waals surface area contributed by atoms with Gasteiger partial charge in [0.1, 0.15) is 11.6 Å². The van der Waals surface area contributed by atoms with Crippen LogP contribution in [0.25, 0.3) is 0 Å². The van der Waals surface area contributed by atoms with Gasteiger partial charge in [-0.3, -0.25) is 9.69 Å². The van der Waals surface area contributed by atoms with E-state index >= 15 is 0 Å². The van der Waals surface area contributed by atoms with Crippen LogP contribution < -0.4 is 5.32 Å². The topological polar surface area (TPSA) is 32.3 Å². The summed E-state index contributed by atoms with van der Waals surface area (Å²) in [4.78, 5) is 13.6. The molecule has 0 aliphatic heterocycles. The molecule has 0 aliphatic carbocycles. The number of aryl methyl sites for hydroxylation is 1. The van der Waals surface area contributed by atoms with Gasteiger partial charge in [-0.15, -0.1) is 0 Å². The standard InChI is InChI=1S/C17H17ClF2N2O/c1-11-6-7-12(8-16(11)20)21-17(23)10-22(2)9-13-14(18)4-3-5-15(13)19/h3-8H,9-10H2,1-2H3,(H,21,23). The van der Waals surface area contributed by atoms with Gasteiger partial charge in [-0.1, -0.05) is 23.7 Å². The Labute approximate surface area is 138 Å². The third-order valence-corrected chi connectivity index (χ3v) is 3.71. The minimum Gasteiger partial charge on any atom is -0.325 e. The van der Waals surface area contributed by atoms with Crippen molar-refractivity contribution >= 4 is 23.2 Å². The Morgan fingerprint density at radius 3 is 2.61 bits per heavy atom. The maximum Gasteiger partial charge on any atom is 0.238 e. The number of likely N-dealkylation sites (N-methyl/N-ethyl adjacent to an activating group) is 1. The van der Waals surface area contributed by atoms with Gasteiger partial charge in [-0.05, 0) is 43.8 Å². The number of benzene rings is 2. The molecule has 23 heavy (non-hydrogen) atoms. The molecule has 0 bridgehead atoms. The molecule has 1 amide bonds. The number of rotatable bonds is 5. The highest BCUT2D eigenvalue weighted by Gasteiger charge is 2.13. The first kappa shape index (κ1) is 17.4. The molecule has 0 aliphatic rings. The van der Waals surface area contributed by atoms with E-state index in [0.29, 0.717) is 21.8 Å². The molecule has 122 valence electrons. The van der Waals surface area contributed by atoms with Crippen LogP contribution >= 0.6 is 11.6 Å². The van der Waals surface area contributed by atoms with Crippen molar-refractivity contribution < 1.29 is 13.6 Å². The smallest absolute Gasteiger partial charge is 0.238 e. The van der Waals surface area contributed by atoms with E-state index in [4.69, 9.17) is 11.6 Å². The van der Waals surface area contributed by atoms with Crippen LogP contribution in [0, 0.1) is 18.6 Å². The van der Waals surface area contributed by atoms with Crippen LogP contribution in [0.3, 0.4) is 0 Å². The van der Waals surface area contributed by atoms with Crippen molar-refractivity contribution in [3.8, 4) is 0 Å². The van der Waals surface area contributed by atoms with E-state index < -0.39 is 5.82 Å². The normalized spacial score (nSPS) is 10.9. The maximum absolute atomic E-state index is 13.7. The number of hydrogen-bond donors (Lipinski definition) is 1. The van der Waals surface area contributed by atoms with Gasteiger partial charge in [0.05, 0.1) is 6.54 Å². The van der Waals surface area contributed by atoms with Crippen LogP contribution in [-0.2, 0) is 11.3 Å². The zero-order valence-corrected chi connectivity index (χ0v) is 13.6. The molecule has 2 rings (SSSR count). The Hall–Kier alpha value is -1.98. The lowest BCUT2D eigenvalue weighted by Gasteiger charge is -2.17. The number of hydrogen-bond acceptors (Lipinski definition) is 2. The summed E-state index contributed by atoms with van der Waals surface area (Å²) in [6.07, 6.45) is 0. The van der Waals surface area contributed by atoms with Crippen LogP contribution in [0.2, 0.25) is 5.02 Å². The van der Waals surface area contributed by atoms with Gasteiger partial charge >= 0.3 is 0 Å². The zero-order valence-electron chi connectivity index (χ0n) is 12.9. The fourth-order valence-electron chi connectivity index (χ4n) is 2.13. The van der Waals surface area contributed by atoms with Gasteiger partial charge < -0.3 is 5.32 Å². The molecule has 0 heterocycles. The summed E-state index contributed by atoms with van der Waals surface area (Å²) in [6, 6.07) is 8.94. The lowest BCUT2D eigenvalue weighted by molar-refractivity contribution is -0.117. The zero-order chi connectivity index (χ0) is 17.0. The van der Waals surface area contributed by atoms with E-state index in [-0.39, 0.29) is 24.8 Å². The summed E-state index contributed by atoms with van der Waals surface area (Å²) in [7, 11) is 1.68. The molecule has 0 unspecified atom stereocenters. The highest BCUT2D eigenvalue weighted by atomic mass is 35.5. The molecule has 0 saturated carbocycles. The average Bonchev–Trinajstić information content (AvgIpc) is 2.47. The molecule has 0 fully saturated rings. The number of amides is 1. The van der Waals surface area contributed by atoms with Crippen molar-refractivity contribution in [3.63, 3.8) is 0 Å². The minimum atomic E-state index is -0.412. The summed E-state index contributed by atoms with van der Waals surface area (Å²) >= 11 is 5.96. The maximum atomic E-state index is 13.7. The number of halogens is 3. The molecule has 0 aromatic heterocycles. The molecule has 2 aromatic carbocycles. The van der Waals surface area contributed by atoms with Crippen LogP contribution in [0.15, 0.2) is 36.4 Å². The first-order chi connectivity index (χ1) is 10.9. The third kappa shape index (κ3) is 4.74. The Morgan fingerprint density at radius 1 is 1.22 bits per heavy atom. The van der Waals surface area contributed by atoms with E-state index in [1.807, 2.05) is 0 Å². The third-order valence-electron chi connectivity index (χ3n) is 3.36.